The molecule has 1 heterocycles. The first-order valence-electron chi connectivity index (χ1n) is 7.98. The lowest BCUT2D eigenvalue weighted by molar-refractivity contribution is 0.122. The van der Waals surface area contributed by atoms with E-state index >= 15 is 0 Å². The van der Waals surface area contributed by atoms with Crippen LogP contribution in [0.3, 0.4) is 0 Å². The molecule has 4 aromatic rings. The molecular weight excluding hydrogens is 294 g/mol. The highest BCUT2D eigenvalue weighted by molar-refractivity contribution is 5.87. The van der Waals surface area contributed by atoms with Crippen molar-refractivity contribution in [2.45, 2.75) is 5.60 Å². The van der Waals surface area contributed by atoms with Gasteiger partial charge in [0, 0.05) is 11.8 Å². The number of aromatic nitrogens is 1. The Kier molecular flexibility index (Phi) is 3.60. The second-order valence-electron chi connectivity index (χ2n) is 5.82. The third-order valence-electron chi connectivity index (χ3n) is 4.41. The van der Waals surface area contributed by atoms with Crippen molar-refractivity contribution < 1.29 is 5.11 Å². The van der Waals surface area contributed by atoms with Crippen LogP contribution in [0.1, 0.15) is 16.8 Å². The minimum absolute atomic E-state index is 0.618. The Hall–Kier alpha value is -2.97. The van der Waals surface area contributed by atoms with E-state index in [2.05, 4.69) is 17.1 Å². The summed E-state index contributed by atoms with van der Waals surface area (Å²) in [6.45, 7) is 0. The van der Waals surface area contributed by atoms with Crippen molar-refractivity contribution in [1.29, 1.82) is 0 Å². The number of fused-ring (bicyclic) bond motifs is 1. The van der Waals surface area contributed by atoms with E-state index in [1.165, 1.54) is 0 Å². The summed E-state index contributed by atoms with van der Waals surface area (Å²) in [4.78, 5) is 4.46. The van der Waals surface area contributed by atoms with Crippen molar-refractivity contribution in [1.82, 2.24) is 4.98 Å². The maximum atomic E-state index is 11.9. The molecule has 0 aliphatic rings. The molecule has 1 N–H and O–H groups in total. The van der Waals surface area contributed by atoms with E-state index in [1.807, 2.05) is 78.9 Å². The van der Waals surface area contributed by atoms with Crippen LogP contribution < -0.4 is 0 Å². The highest BCUT2D eigenvalue weighted by atomic mass is 16.3. The van der Waals surface area contributed by atoms with Gasteiger partial charge >= 0.3 is 0 Å². The Labute approximate surface area is 141 Å². The molecule has 3 aromatic carbocycles. The number of benzene rings is 3. The number of nitrogens with zero attached hydrogens (tertiary/aromatic N) is 1. The molecule has 24 heavy (non-hydrogen) atoms. The first-order valence-corrected chi connectivity index (χ1v) is 7.98. The van der Waals surface area contributed by atoms with Gasteiger partial charge in [-0.2, -0.15) is 0 Å². The quantitative estimate of drug-likeness (QED) is 0.603. The molecule has 1 aromatic heterocycles. The molecule has 0 radical (unpaired) electrons. The summed E-state index contributed by atoms with van der Waals surface area (Å²) in [5, 5.41) is 14.0. The van der Waals surface area contributed by atoms with Crippen molar-refractivity contribution in [2.75, 3.05) is 0 Å². The van der Waals surface area contributed by atoms with E-state index in [9.17, 15) is 5.11 Å². The van der Waals surface area contributed by atoms with Gasteiger partial charge in [0.25, 0.3) is 0 Å². The van der Waals surface area contributed by atoms with E-state index in [-0.39, 0.29) is 0 Å². The van der Waals surface area contributed by atoms with Gasteiger partial charge in [-0.15, -0.1) is 0 Å². The highest BCUT2D eigenvalue weighted by Crippen LogP contribution is 2.38. The van der Waals surface area contributed by atoms with Crippen LogP contribution in [0.15, 0.2) is 97.2 Å². The summed E-state index contributed by atoms with van der Waals surface area (Å²) in [6, 6.07) is 29.5. The molecule has 116 valence electrons. The summed E-state index contributed by atoms with van der Waals surface area (Å²) < 4.78 is 0. The third-order valence-corrected chi connectivity index (χ3v) is 4.41. The van der Waals surface area contributed by atoms with Gasteiger partial charge in [0.05, 0.1) is 5.69 Å². The molecule has 0 aliphatic carbocycles. The normalized spacial score (nSPS) is 13.5. The Balaban J connectivity index is 2.07. The number of pyridine rings is 1. The molecule has 0 spiro atoms. The molecule has 0 fully saturated rings. The molecule has 0 saturated heterocycles. The van der Waals surface area contributed by atoms with Crippen molar-refractivity contribution >= 4 is 10.8 Å². The zero-order valence-electron chi connectivity index (χ0n) is 13.1. The Bertz CT molecular complexity index is 920. The highest BCUT2D eigenvalue weighted by Gasteiger charge is 2.36. The molecule has 2 heteroatoms. The average Bonchev–Trinajstić information content (AvgIpc) is 2.68. The van der Waals surface area contributed by atoms with E-state index in [4.69, 9.17) is 0 Å². The summed E-state index contributed by atoms with van der Waals surface area (Å²) in [5.41, 5.74) is 0.960. The number of aliphatic hydroxyl groups is 1. The summed E-state index contributed by atoms with van der Waals surface area (Å²) in [5.74, 6) is 0. The summed E-state index contributed by atoms with van der Waals surface area (Å²) in [6.07, 6.45) is 1.72. The lowest BCUT2D eigenvalue weighted by Gasteiger charge is -2.30. The zero-order valence-corrected chi connectivity index (χ0v) is 13.1. The van der Waals surface area contributed by atoms with Gasteiger partial charge in [-0.05, 0) is 28.5 Å². The third kappa shape index (κ3) is 2.29. The van der Waals surface area contributed by atoms with Gasteiger partial charge in [-0.25, -0.2) is 0 Å². The van der Waals surface area contributed by atoms with Crippen molar-refractivity contribution in [2.24, 2.45) is 0 Å². The Morgan fingerprint density at radius 2 is 1.38 bits per heavy atom. The summed E-state index contributed by atoms with van der Waals surface area (Å²) >= 11 is 0. The van der Waals surface area contributed by atoms with Crippen LogP contribution in [0.25, 0.3) is 10.8 Å². The van der Waals surface area contributed by atoms with E-state index in [0.29, 0.717) is 5.69 Å². The fourth-order valence-electron chi connectivity index (χ4n) is 3.24. The van der Waals surface area contributed by atoms with Crippen LogP contribution in [0.5, 0.6) is 0 Å². The Morgan fingerprint density at radius 3 is 2.17 bits per heavy atom. The first kappa shape index (κ1) is 14.6. The summed E-state index contributed by atoms with van der Waals surface area (Å²) in [7, 11) is 0. The van der Waals surface area contributed by atoms with Crippen molar-refractivity contribution in [3.63, 3.8) is 0 Å². The molecule has 0 bridgehead atoms. The molecule has 2 nitrogen and oxygen atoms in total. The monoisotopic (exact) mass is 311 g/mol. The van der Waals surface area contributed by atoms with E-state index in [0.717, 1.165) is 21.9 Å². The zero-order chi connectivity index (χ0) is 16.4. The average molecular weight is 311 g/mol. The van der Waals surface area contributed by atoms with Gasteiger partial charge in [0.1, 0.15) is 0 Å². The Morgan fingerprint density at radius 1 is 0.667 bits per heavy atom. The fourth-order valence-corrected chi connectivity index (χ4v) is 3.24. The molecule has 1 atom stereocenters. The molecule has 0 saturated carbocycles. The van der Waals surface area contributed by atoms with Crippen LogP contribution in [0.2, 0.25) is 0 Å². The van der Waals surface area contributed by atoms with Crippen molar-refractivity contribution in [3.05, 3.63) is 114 Å². The van der Waals surface area contributed by atoms with Crippen LogP contribution >= 0.6 is 0 Å². The smallest absolute Gasteiger partial charge is 0.157 e. The second-order valence-corrected chi connectivity index (χ2v) is 5.82. The minimum Gasteiger partial charge on any atom is -0.374 e. The molecule has 4 rings (SSSR count). The predicted octanol–water partition coefficient (Wildman–Crippen LogP) is 4.52. The molecule has 1 unspecified atom stereocenters. The molecule has 0 aliphatic heterocycles. The maximum absolute atomic E-state index is 11.9. The number of hydrogen-bond donors (Lipinski definition) is 1. The van der Waals surface area contributed by atoms with Gasteiger partial charge in [0.2, 0.25) is 0 Å². The van der Waals surface area contributed by atoms with Crippen LogP contribution in [0.4, 0.5) is 0 Å². The van der Waals surface area contributed by atoms with Gasteiger partial charge < -0.3 is 5.11 Å². The number of rotatable bonds is 3. The SMILES string of the molecule is OC(c1ccccc1)(c1ccccn1)c1cccc2ccccc12. The lowest BCUT2D eigenvalue weighted by atomic mass is 9.81. The van der Waals surface area contributed by atoms with E-state index in [1.54, 1.807) is 6.20 Å². The maximum Gasteiger partial charge on any atom is 0.157 e. The largest absolute Gasteiger partial charge is 0.374 e. The topological polar surface area (TPSA) is 33.1 Å². The van der Waals surface area contributed by atoms with Crippen LogP contribution in [-0.2, 0) is 5.60 Å². The predicted molar refractivity (Wildman–Crippen MR) is 96.7 cm³/mol. The van der Waals surface area contributed by atoms with Crippen LogP contribution in [0, 0.1) is 0 Å². The van der Waals surface area contributed by atoms with Gasteiger partial charge in [-0.3, -0.25) is 4.98 Å². The lowest BCUT2D eigenvalue weighted by Crippen LogP contribution is -2.30. The van der Waals surface area contributed by atoms with E-state index < -0.39 is 5.60 Å². The first-order chi connectivity index (χ1) is 11.8. The molecular formula is C22H17NO. The van der Waals surface area contributed by atoms with Gasteiger partial charge in [0.15, 0.2) is 5.60 Å². The fraction of sp³-hybridized carbons (Fsp3) is 0.0455. The molecule has 0 amide bonds. The van der Waals surface area contributed by atoms with Crippen molar-refractivity contribution in [3.8, 4) is 0 Å². The number of hydrogen-bond acceptors (Lipinski definition) is 2. The minimum atomic E-state index is -1.30. The second kappa shape index (κ2) is 5.91. The van der Waals surface area contributed by atoms with Gasteiger partial charge in [-0.1, -0.05) is 78.9 Å². The van der Waals surface area contributed by atoms with Crippen LogP contribution in [-0.4, -0.2) is 10.1 Å². The standard InChI is InChI=1S/C22H17NO/c24-22(18-11-2-1-3-12-18,21-15-6-7-16-23-21)20-14-8-10-17-9-4-5-13-19(17)20/h1-16,24H.